The molecule has 2 heterocycles. The third-order valence-corrected chi connectivity index (χ3v) is 4.54. The van der Waals surface area contributed by atoms with E-state index >= 15 is 0 Å². The van der Waals surface area contributed by atoms with Crippen molar-refractivity contribution in [3.8, 4) is 0 Å². The fourth-order valence-corrected chi connectivity index (χ4v) is 3.69. The highest BCUT2D eigenvalue weighted by molar-refractivity contribution is 5.84. The maximum atomic E-state index is 11.0. The summed E-state index contributed by atoms with van der Waals surface area (Å²) in [6, 6.07) is 8.06. The summed E-state index contributed by atoms with van der Waals surface area (Å²) in [5.41, 5.74) is 0.347. The number of fused-ring (bicyclic) bond motifs is 1. The molecule has 1 fully saturated rings. The van der Waals surface area contributed by atoms with Gasteiger partial charge in [-0.25, -0.2) is 0 Å². The molecule has 1 saturated heterocycles. The quantitative estimate of drug-likeness (QED) is 0.911. The molecule has 3 heteroatoms. The summed E-state index contributed by atoms with van der Waals surface area (Å²) in [6.07, 6.45) is 3.89. The van der Waals surface area contributed by atoms with Gasteiger partial charge in [0.25, 0.3) is 0 Å². The van der Waals surface area contributed by atoms with E-state index in [0.29, 0.717) is 0 Å². The summed E-state index contributed by atoms with van der Waals surface area (Å²) in [7, 11) is 0. The summed E-state index contributed by atoms with van der Waals surface area (Å²) in [6.45, 7) is 8.30. The Labute approximate surface area is 126 Å². The molecule has 0 radical (unpaired) electrons. The van der Waals surface area contributed by atoms with Gasteiger partial charge in [-0.15, -0.1) is 0 Å². The Bertz CT molecular complexity index is 658. The van der Waals surface area contributed by atoms with E-state index in [2.05, 4.69) is 32.7 Å². The van der Waals surface area contributed by atoms with Gasteiger partial charge in [-0.05, 0) is 39.5 Å². The molecule has 2 unspecified atom stereocenters. The lowest BCUT2D eigenvalue weighted by Gasteiger charge is -2.30. The van der Waals surface area contributed by atoms with Crippen LogP contribution in [-0.2, 0) is 4.74 Å². The monoisotopic (exact) mass is 285 g/mol. The standard InChI is InChI=1S/C18H23NO2/c1-17(2)9-15(18(3,4)21-17)16(20)14-11-19-10-12-7-5-6-8-13(12)14/h5-8,10-11,15-16,20H,9H2,1-4H3. The van der Waals surface area contributed by atoms with E-state index in [1.165, 1.54) is 0 Å². The normalized spacial score (nSPS) is 25.1. The molecule has 0 saturated carbocycles. The van der Waals surface area contributed by atoms with Crippen LogP contribution in [-0.4, -0.2) is 21.3 Å². The van der Waals surface area contributed by atoms with E-state index in [4.69, 9.17) is 4.74 Å². The second-order valence-electron chi connectivity index (χ2n) is 7.17. The molecule has 112 valence electrons. The van der Waals surface area contributed by atoms with Crippen molar-refractivity contribution in [3.63, 3.8) is 0 Å². The van der Waals surface area contributed by atoms with Crippen LogP contribution in [0.1, 0.15) is 45.8 Å². The number of aliphatic hydroxyl groups excluding tert-OH is 1. The number of hydrogen-bond donors (Lipinski definition) is 1. The first-order valence-corrected chi connectivity index (χ1v) is 7.51. The van der Waals surface area contributed by atoms with Crippen LogP contribution in [0.15, 0.2) is 36.7 Å². The van der Waals surface area contributed by atoms with Gasteiger partial charge in [0.15, 0.2) is 0 Å². The minimum absolute atomic E-state index is 0.0557. The van der Waals surface area contributed by atoms with Gasteiger partial charge in [0.05, 0.1) is 17.3 Å². The van der Waals surface area contributed by atoms with Crippen LogP contribution in [0.3, 0.4) is 0 Å². The number of rotatable bonds is 2. The van der Waals surface area contributed by atoms with Gasteiger partial charge in [0.1, 0.15) is 0 Å². The van der Waals surface area contributed by atoms with Crippen molar-refractivity contribution in [1.29, 1.82) is 0 Å². The summed E-state index contributed by atoms with van der Waals surface area (Å²) in [5, 5.41) is 13.1. The van der Waals surface area contributed by atoms with Gasteiger partial charge in [-0.1, -0.05) is 24.3 Å². The molecular formula is C18H23NO2. The highest BCUT2D eigenvalue weighted by Crippen LogP contribution is 2.48. The molecule has 0 bridgehead atoms. The third-order valence-electron chi connectivity index (χ3n) is 4.54. The molecule has 0 aliphatic carbocycles. The molecular weight excluding hydrogens is 262 g/mol. The summed E-state index contributed by atoms with van der Waals surface area (Å²) >= 11 is 0. The second-order valence-corrected chi connectivity index (χ2v) is 7.17. The first-order valence-electron chi connectivity index (χ1n) is 7.51. The van der Waals surface area contributed by atoms with Gasteiger partial charge in [0.2, 0.25) is 0 Å². The second kappa shape index (κ2) is 4.79. The molecule has 1 aromatic carbocycles. The molecule has 0 spiro atoms. The fraction of sp³-hybridized carbons (Fsp3) is 0.500. The first-order chi connectivity index (χ1) is 9.80. The number of benzene rings is 1. The number of hydrogen-bond acceptors (Lipinski definition) is 3. The van der Waals surface area contributed by atoms with Crippen molar-refractivity contribution in [2.24, 2.45) is 5.92 Å². The van der Waals surface area contributed by atoms with Gasteiger partial charge in [-0.2, -0.15) is 0 Å². The van der Waals surface area contributed by atoms with Crippen molar-refractivity contribution in [3.05, 3.63) is 42.2 Å². The van der Waals surface area contributed by atoms with E-state index in [-0.39, 0.29) is 17.1 Å². The van der Waals surface area contributed by atoms with Crippen molar-refractivity contribution in [2.75, 3.05) is 0 Å². The Kier molecular flexibility index (Phi) is 3.30. The van der Waals surface area contributed by atoms with Crippen LogP contribution in [0, 0.1) is 5.92 Å². The van der Waals surface area contributed by atoms with Crippen LogP contribution in [0.25, 0.3) is 10.8 Å². The number of pyridine rings is 1. The zero-order valence-corrected chi connectivity index (χ0v) is 13.1. The average Bonchev–Trinajstić information content (AvgIpc) is 2.65. The summed E-state index contributed by atoms with van der Waals surface area (Å²) in [4.78, 5) is 4.29. The minimum Gasteiger partial charge on any atom is -0.388 e. The molecule has 1 aliphatic heterocycles. The lowest BCUT2D eigenvalue weighted by Crippen LogP contribution is -2.32. The Morgan fingerprint density at radius 1 is 1.19 bits per heavy atom. The van der Waals surface area contributed by atoms with E-state index in [1.807, 2.05) is 30.5 Å². The maximum Gasteiger partial charge on any atom is 0.0867 e. The Hall–Kier alpha value is -1.45. The molecule has 3 nitrogen and oxygen atoms in total. The van der Waals surface area contributed by atoms with Crippen molar-refractivity contribution in [2.45, 2.75) is 51.4 Å². The van der Waals surface area contributed by atoms with Crippen molar-refractivity contribution in [1.82, 2.24) is 4.98 Å². The van der Waals surface area contributed by atoms with E-state index in [1.54, 1.807) is 6.20 Å². The zero-order valence-electron chi connectivity index (χ0n) is 13.1. The number of aliphatic hydroxyl groups is 1. The van der Waals surface area contributed by atoms with Crippen LogP contribution in [0.4, 0.5) is 0 Å². The zero-order chi connectivity index (χ0) is 15.3. The average molecular weight is 285 g/mol. The smallest absolute Gasteiger partial charge is 0.0867 e. The van der Waals surface area contributed by atoms with Crippen molar-refractivity contribution < 1.29 is 9.84 Å². The van der Waals surface area contributed by atoms with E-state index in [0.717, 1.165) is 22.8 Å². The Morgan fingerprint density at radius 2 is 1.90 bits per heavy atom. The predicted molar refractivity (Wildman–Crippen MR) is 84.1 cm³/mol. The Balaban J connectivity index is 2.03. The highest BCUT2D eigenvalue weighted by atomic mass is 16.5. The Morgan fingerprint density at radius 3 is 2.57 bits per heavy atom. The molecule has 2 aromatic rings. The lowest BCUT2D eigenvalue weighted by molar-refractivity contribution is -0.0879. The van der Waals surface area contributed by atoms with Gasteiger partial charge >= 0.3 is 0 Å². The molecule has 2 atom stereocenters. The van der Waals surface area contributed by atoms with Crippen LogP contribution < -0.4 is 0 Å². The molecule has 1 N–H and O–H groups in total. The maximum absolute atomic E-state index is 11.0. The SMILES string of the molecule is CC1(C)CC(C(O)c2cncc3ccccc23)C(C)(C)O1. The molecule has 1 aliphatic rings. The van der Waals surface area contributed by atoms with Crippen LogP contribution >= 0.6 is 0 Å². The van der Waals surface area contributed by atoms with Crippen molar-refractivity contribution >= 4 is 10.8 Å². The minimum atomic E-state index is -0.569. The van der Waals surface area contributed by atoms with Gasteiger partial charge < -0.3 is 9.84 Å². The summed E-state index contributed by atoms with van der Waals surface area (Å²) < 4.78 is 6.12. The highest BCUT2D eigenvalue weighted by Gasteiger charge is 2.49. The van der Waals surface area contributed by atoms with Gasteiger partial charge in [0, 0.05) is 29.3 Å². The molecule has 21 heavy (non-hydrogen) atoms. The number of nitrogens with zero attached hydrogens (tertiary/aromatic N) is 1. The van der Waals surface area contributed by atoms with Gasteiger partial charge in [-0.3, -0.25) is 4.98 Å². The number of aromatic nitrogens is 1. The first kappa shape index (κ1) is 14.5. The molecule has 1 aromatic heterocycles. The summed E-state index contributed by atoms with van der Waals surface area (Å²) in [5.74, 6) is 0.0557. The largest absolute Gasteiger partial charge is 0.388 e. The van der Waals surface area contributed by atoms with Crippen LogP contribution in [0.5, 0.6) is 0 Å². The van der Waals surface area contributed by atoms with Crippen LogP contribution in [0.2, 0.25) is 0 Å². The third kappa shape index (κ3) is 2.56. The van der Waals surface area contributed by atoms with E-state index < -0.39 is 6.10 Å². The fourth-order valence-electron chi connectivity index (χ4n) is 3.69. The van der Waals surface area contributed by atoms with E-state index in [9.17, 15) is 5.11 Å². The number of ether oxygens (including phenoxy) is 1. The molecule has 3 rings (SSSR count). The topological polar surface area (TPSA) is 42.4 Å². The molecule has 0 amide bonds. The predicted octanol–water partition coefficient (Wildman–Crippen LogP) is 3.86. The lowest BCUT2D eigenvalue weighted by atomic mass is 9.80.